The predicted octanol–water partition coefficient (Wildman–Crippen LogP) is 4.33. The highest BCUT2D eigenvalue weighted by Crippen LogP contribution is 2.29. The van der Waals surface area contributed by atoms with E-state index >= 15 is 0 Å². The number of likely N-dealkylation sites (tertiary alicyclic amines) is 1. The Kier molecular flexibility index (Phi) is 6.35. The van der Waals surface area contributed by atoms with Crippen LogP contribution in [0.4, 0.5) is 5.69 Å². The Morgan fingerprint density at radius 1 is 1.11 bits per heavy atom. The molecule has 27 heavy (non-hydrogen) atoms. The van der Waals surface area contributed by atoms with Gasteiger partial charge in [0.15, 0.2) is 11.5 Å². The summed E-state index contributed by atoms with van der Waals surface area (Å²) in [5.74, 6) is 1.03. The van der Waals surface area contributed by atoms with Gasteiger partial charge in [-0.15, -0.1) is 0 Å². The molecule has 1 aliphatic rings. The quantitative estimate of drug-likeness (QED) is 0.790. The number of hydrogen-bond acceptors (Lipinski definition) is 4. The predicted molar refractivity (Wildman–Crippen MR) is 108 cm³/mol. The molecule has 0 saturated carbocycles. The van der Waals surface area contributed by atoms with E-state index in [4.69, 9.17) is 9.47 Å². The normalized spacial score (nSPS) is 14.4. The summed E-state index contributed by atoms with van der Waals surface area (Å²) in [5, 5.41) is 2.98. The van der Waals surface area contributed by atoms with E-state index in [0.29, 0.717) is 17.1 Å². The number of ether oxygens (including phenoxy) is 2. The van der Waals surface area contributed by atoms with Crippen LogP contribution in [0.5, 0.6) is 11.5 Å². The van der Waals surface area contributed by atoms with Crippen LogP contribution in [0.25, 0.3) is 0 Å². The molecule has 2 aromatic carbocycles. The minimum Gasteiger partial charge on any atom is -0.493 e. The first-order chi connectivity index (χ1) is 13.0. The van der Waals surface area contributed by atoms with Crippen LogP contribution in [0.15, 0.2) is 42.5 Å². The van der Waals surface area contributed by atoms with Crippen LogP contribution >= 0.6 is 0 Å². The molecule has 1 aliphatic heterocycles. The number of hydrogen-bond donors (Lipinski definition) is 1. The van der Waals surface area contributed by atoms with Crippen molar-refractivity contribution in [2.45, 2.75) is 39.3 Å². The largest absolute Gasteiger partial charge is 0.493 e. The molecule has 2 aromatic rings. The van der Waals surface area contributed by atoms with E-state index in [2.05, 4.69) is 16.3 Å². The van der Waals surface area contributed by atoms with E-state index in [9.17, 15) is 4.79 Å². The lowest BCUT2D eigenvalue weighted by atomic mass is 10.1. The van der Waals surface area contributed by atoms with Crippen molar-refractivity contribution >= 4 is 11.6 Å². The Labute approximate surface area is 161 Å². The second-order valence-electron chi connectivity index (χ2n) is 7.17. The van der Waals surface area contributed by atoms with Crippen molar-refractivity contribution in [3.05, 3.63) is 53.6 Å². The Morgan fingerprint density at radius 3 is 2.59 bits per heavy atom. The summed E-state index contributed by atoms with van der Waals surface area (Å²) >= 11 is 0. The van der Waals surface area contributed by atoms with E-state index in [1.54, 1.807) is 25.3 Å². The monoisotopic (exact) mass is 368 g/mol. The van der Waals surface area contributed by atoms with Gasteiger partial charge in [-0.1, -0.05) is 12.1 Å². The molecule has 1 saturated heterocycles. The molecule has 0 aliphatic carbocycles. The number of amides is 1. The first kappa shape index (κ1) is 19.2. The maximum absolute atomic E-state index is 12.7. The average Bonchev–Trinajstić information content (AvgIpc) is 3.14. The Bertz CT molecular complexity index is 783. The summed E-state index contributed by atoms with van der Waals surface area (Å²) in [6.45, 7) is 7.14. The molecule has 0 radical (unpaired) electrons. The number of anilines is 1. The first-order valence-corrected chi connectivity index (χ1v) is 9.52. The summed E-state index contributed by atoms with van der Waals surface area (Å²) < 4.78 is 11.1. The smallest absolute Gasteiger partial charge is 0.255 e. The third kappa shape index (κ3) is 5.23. The second kappa shape index (κ2) is 8.91. The molecule has 0 spiro atoms. The summed E-state index contributed by atoms with van der Waals surface area (Å²) in [5.41, 5.74) is 2.55. The van der Waals surface area contributed by atoms with Crippen molar-refractivity contribution in [2.24, 2.45) is 0 Å². The van der Waals surface area contributed by atoms with E-state index in [1.807, 2.05) is 32.0 Å². The standard InChI is InChI=1S/C22H28N2O3/c1-16(2)27-20-10-9-18(14-21(20)26-3)22(25)23-19-8-6-7-17(13-19)15-24-11-4-5-12-24/h6-10,13-14,16H,4-5,11-12,15H2,1-3H3,(H,23,25). The van der Waals surface area contributed by atoms with Gasteiger partial charge in [-0.05, 0) is 75.7 Å². The third-order valence-corrected chi connectivity index (χ3v) is 4.58. The van der Waals surface area contributed by atoms with E-state index in [1.165, 1.54) is 18.4 Å². The van der Waals surface area contributed by atoms with E-state index in [0.717, 1.165) is 25.3 Å². The SMILES string of the molecule is COc1cc(C(=O)Nc2cccc(CN3CCCC3)c2)ccc1OC(C)C. The van der Waals surface area contributed by atoms with Gasteiger partial charge in [0.2, 0.25) is 0 Å². The summed E-state index contributed by atoms with van der Waals surface area (Å²) in [6, 6.07) is 13.3. The second-order valence-corrected chi connectivity index (χ2v) is 7.17. The van der Waals surface area contributed by atoms with Gasteiger partial charge in [0, 0.05) is 17.8 Å². The molecule has 1 N–H and O–H groups in total. The van der Waals surface area contributed by atoms with Gasteiger partial charge < -0.3 is 14.8 Å². The van der Waals surface area contributed by atoms with Crippen LogP contribution in [0.2, 0.25) is 0 Å². The lowest BCUT2D eigenvalue weighted by molar-refractivity contribution is 0.102. The Balaban J connectivity index is 1.69. The first-order valence-electron chi connectivity index (χ1n) is 9.52. The van der Waals surface area contributed by atoms with Crippen molar-refractivity contribution in [1.82, 2.24) is 4.90 Å². The zero-order valence-electron chi connectivity index (χ0n) is 16.3. The number of nitrogens with one attached hydrogen (secondary N) is 1. The van der Waals surface area contributed by atoms with Gasteiger partial charge in [-0.3, -0.25) is 9.69 Å². The minimum atomic E-state index is -0.164. The highest BCUT2D eigenvalue weighted by atomic mass is 16.5. The summed E-state index contributed by atoms with van der Waals surface area (Å²) in [7, 11) is 1.58. The van der Waals surface area contributed by atoms with Gasteiger partial charge in [-0.2, -0.15) is 0 Å². The third-order valence-electron chi connectivity index (χ3n) is 4.58. The van der Waals surface area contributed by atoms with Crippen LogP contribution in [0.3, 0.4) is 0 Å². The van der Waals surface area contributed by atoms with Gasteiger partial charge in [0.1, 0.15) is 0 Å². The number of benzene rings is 2. The van der Waals surface area contributed by atoms with Crippen molar-refractivity contribution in [2.75, 3.05) is 25.5 Å². The number of carbonyl (C=O) groups is 1. The summed E-state index contributed by atoms with van der Waals surface area (Å²) in [4.78, 5) is 15.1. The van der Waals surface area contributed by atoms with E-state index in [-0.39, 0.29) is 12.0 Å². The zero-order valence-corrected chi connectivity index (χ0v) is 16.3. The number of methoxy groups -OCH3 is 1. The fourth-order valence-corrected chi connectivity index (χ4v) is 3.31. The number of nitrogens with zero attached hydrogens (tertiary/aromatic N) is 1. The molecule has 5 heteroatoms. The minimum absolute atomic E-state index is 0.0388. The summed E-state index contributed by atoms with van der Waals surface area (Å²) in [6.07, 6.45) is 2.58. The fraction of sp³-hybridized carbons (Fsp3) is 0.409. The molecule has 0 aromatic heterocycles. The van der Waals surface area contributed by atoms with Crippen LogP contribution in [0, 0.1) is 0 Å². The van der Waals surface area contributed by atoms with Crippen molar-refractivity contribution in [3.8, 4) is 11.5 Å². The molecule has 5 nitrogen and oxygen atoms in total. The molecule has 3 rings (SSSR count). The highest BCUT2D eigenvalue weighted by molar-refractivity contribution is 6.04. The van der Waals surface area contributed by atoms with Crippen LogP contribution < -0.4 is 14.8 Å². The lowest BCUT2D eigenvalue weighted by Gasteiger charge is -2.16. The topological polar surface area (TPSA) is 50.8 Å². The molecule has 1 heterocycles. The van der Waals surface area contributed by atoms with Gasteiger partial charge in [0.05, 0.1) is 13.2 Å². The van der Waals surface area contributed by atoms with E-state index < -0.39 is 0 Å². The van der Waals surface area contributed by atoms with Crippen molar-refractivity contribution in [3.63, 3.8) is 0 Å². The number of rotatable bonds is 7. The molecule has 0 bridgehead atoms. The molecule has 144 valence electrons. The Hall–Kier alpha value is -2.53. The average molecular weight is 368 g/mol. The Morgan fingerprint density at radius 2 is 1.89 bits per heavy atom. The zero-order chi connectivity index (χ0) is 19.2. The van der Waals surface area contributed by atoms with Crippen LogP contribution in [-0.4, -0.2) is 37.1 Å². The molecular formula is C22H28N2O3. The highest BCUT2D eigenvalue weighted by Gasteiger charge is 2.14. The van der Waals surface area contributed by atoms with Gasteiger partial charge in [0.25, 0.3) is 5.91 Å². The van der Waals surface area contributed by atoms with Gasteiger partial charge >= 0.3 is 0 Å². The fourth-order valence-electron chi connectivity index (χ4n) is 3.31. The molecular weight excluding hydrogens is 340 g/mol. The van der Waals surface area contributed by atoms with Crippen LogP contribution in [0.1, 0.15) is 42.6 Å². The van der Waals surface area contributed by atoms with Crippen LogP contribution in [-0.2, 0) is 6.54 Å². The maximum Gasteiger partial charge on any atom is 0.255 e. The number of carbonyl (C=O) groups excluding carboxylic acids is 1. The van der Waals surface area contributed by atoms with Crippen molar-refractivity contribution < 1.29 is 14.3 Å². The molecule has 1 amide bonds. The lowest BCUT2D eigenvalue weighted by Crippen LogP contribution is -2.18. The molecule has 0 atom stereocenters. The molecule has 1 fully saturated rings. The maximum atomic E-state index is 12.7. The van der Waals surface area contributed by atoms with Crippen molar-refractivity contribution in [1.29, 1.82) is 0 Å². The van der Waals surface area contributed by atoms with Gasteiger partial charge in [-0.25, -0.2) is 0 Å². The molecule has 0 unspecified atom stereocenters.